The molecule has 1 aliphatic heterocycles. The Labute approximate surface area is 118 Å². The Morgan fingerprint density at radius 1 is 1.60 bits per heavy atom. The van der Waals surface area contributed by atoms with Gasteiger partial charge in [0, 0.05) is 18.2 Å². The number of likely N-dealkylation sites (tertiary alicyclic amines) is 1. The smallest absolute Gasteiger partial charge is 0.320 e. The van der Waals surface area contributed by atoms with Crippen LogP contribution in [0.15, 0.2) is 12.1 Å². The number of hydrogen-bond acceptors (Lipinski definition) is 4. The Morgan fingerprint density at radius 3 is 2.90 bits per heavy atom. The molecule has 1 aromatic rings. The Kier molecular flexibility index (Phi) is 4.20. The molecule has 0 unspecified atom stereocenters. The summed E-state index contributed by atoms with van der Waals surface area (Å²) in [6.45, 7) is 0.528. The molecule has 0 saturated carbocycles. The molecule has 20 heavy (non-hydrogen) atoms. The summed E-state index contributed by atoms with van der Waals surface area (Å²) in [5, 5.41) is 19.7. The van der Waals surface area contributed by atoms with Gasteiger partial charge in [-0.2, -0.15) is 0 Å². The van der Waals surface area contributed by atoms with Gasteiger partial charge in [0.05, 0.1) is 9.95 Å². The van der Waals surface area contributed by atoms with Gasteiger partial charge in [-0.15, -0.1) is 0 Å². The Morgan fingerprint density at radius 2 is 2.30 bits per heavy atom. The quantitative estimate of drug-likeness (QED) is 0.682. The fourth-order valence-electron chi connectivity index (χ4n) is 2.39. The number of halogens is 2. The second-order valence-corrected chi connectivity index (χ2v) is 5.03. The van der Waals surface area contributed by atoms with Crippen LogP contribution in [0.5, 0.6) is 0 Å². The molecule has 0 spiro atoms. The first kappa shape index (κ1) is 14.7. The lowest BCUT2D eigenvalue weighted by Gasteiger charge is -2.20. The van der Waals surface area contributed by atoms with Crippen molar-refractivity contribution in [3.8, 4) is 0 Å². The number of carboxylic acid groups (broad SMARTS) is 1. The Balaban J connectivity index is 2.31. The fraction of sp³-hybridized carbons (Fsp3) is 0.417. The van der Waals surface area contributed by atoms with Gasteiger partial charge in [0.15, 0.2) is 0 Å². The van der Waals surface area contributed by atoms with E-state index in [0.717, 1.165) is 12.1 Å². The van der Waals surface area contributed by atoms with Crippen LogP contribution >= 0.6 is 11.6 Å². The van der Waals surface area contributed by atoms with Crippen molar-refractivity contribution in [2.24, 2.45) is 0 Å². The van der Waals surface area contributed by atoms with Crippen LogP contribution in [0.2, 0.25) is 5.02 Å². The third-order valence-electron chi connectivity index (χ3n) is 3.34. The van der Waals surface area contributed by atoms with Gasteiger partial charge >= 0.3 is 5.97 Å². The molecule has 8 heteroatoms. The number of benzene rings is 1. The van der Waals surface area contributed by atoms with E-state index in [1.807, 2.05) is 0 Å². The van der Waals surface area contributed by atoms with Crippen molar-refractivity contribution >= 4 is 23.3 Å². The van der Waals surface area contributed by atoms with Gasteiger partial charge in [-0.25, -0.2) is 4.39 Å². The predicted octanol–water partition coefficient (Wildman–Crippen LogP) is 2.44. The van der Waals surface area contributed by atoms with Crippen LogP contribution in [-0.2, 0) is 11.3 Å². The molecular weight excluding hydrogens is 291 g/mol. The first-order valence-corrected chi connectivity index (χ1v) is 6.37. The third kappa shape index (κ3) is 2.88. The maximum absolute atomic E-state index is 13.5. The van der Waals surface area contributed by atoms with E-state index in [0.29, 0.717) is 19.4 Å². The summed E-state index contributed by atoms with van der Waals surface area (Å²) in [5.41, 5.74) is -0.169. The van der Waals surface area contributed by atoms with Crippen LogP contribution in [0.25, 0.3) is 0 Å². The highest BCUT2D eigenvalue weighted by Gasteiger charge is 2.32. The van der Waals surface area contributed by atoms with Crippen LogP contribution in [0, 0.1) is 15.9 Å². The SMILES string of the molecule is O=C(O)[C@@H]1CCCN1Cc1cc(F)c(Cl)cc1[N+](=O)[O-]. The number of nitro groups is 1. The summed E-state index contributed by atoms with van der Waals surface area (Å²) in [4.78, 5) is 23.0. The molecule has 1 aromatic carbocycles. The average Bonchev–Trinajstić information content (AvgIpc) is 2.81. The maximum atomic E-state index is 13.5. The molecule has 0 amide bonds. The lowest BCUT2D eigenvalue weighted by Crippen LogP contribution is -2.35. The van der Waals surface area contributed by atoms with Crippen molar-refractivity contribution in [2.75, 3.05) is 6.54 Å². The van der Waals surface area contributed by atoms with Crippen molar-refractivity contribution < 1.29 is 19.2 Å². The van der Waals surface area contributed by atoms with E-state index >= 15 is 0 Å². The van der Waals surface area contributed by atoms with Crippen molar-refractivity contribution in [3.05, 3.63) is 38.7 Å². The highest BCUT2D eigenvalue weighted by atomic mass is 35.5. The van der Waals surface area contributed by atoms with Crippen LogP contribution in [0.1, 0.15) is 18.4 Å². The second-order valence-electron chi connectivity index (χ2n) is 4.62. The zero-order valence-electron chi connectivity index (χ0n) is 10.4. The van der Waals surface area contributed by atoms with Crippen molar-refractivity contribution in [3.63, 3.8) is 0 Å². The molecule has 1 fully saturated rings. The molecule has 0 aliphatic carbocycles. The standard InChI is InChI=1S/C12H12ClFN2O4/c13-8-5-11(16(19)20)7(4-9(8)14)6-15-3-1-2-10(15)12(17)18/h4-5,10H,1-3,6H2,(H,17,18)/t10-/m0/s1. The average molecular weight is 303 g/mol. The van der Waals surface area contributed by atoms with Gasteiger partial charge in [0.1, 0.15) is 11.9 Å². The van der Waals surface area contributed by atoms with Gasteiger partial charge in [-0.05, 0) is 25.5 Å². The summed E-state index contributed by atoms with van der Waals surface area (Å²) in [5.74, 6) is -1.72. The second kappa shape index (κ2) is 5.72. The van der Waals surface area contributed by atoms with Crippen molar-refractivity contribution in [2.45, 2.75) is 25.4 Å². The number of carbonyl (C=O) groups is 1. The fourth-order valence-corrected chi connectivity index (χ4v) is 2.55. The van der Waals surface area contributed by atoms with E-state index in [2.05, 4.69) is 0 Å². The van der Waals surface area contributed by atoms with E-state index < -0.39 is 22.8 Å². The molecule has 0 radical (unpaired) electrons. The minimum absolute atomic E-state index is 0.0152. The Bertz CT molecular complexity index is 567. The van der Waals surface area contributed by atoms with Gasteiger partial charge in [-0.3, -0.25) is 19.8 Å². The van der Waals surface area contributed by atoms with Gasteiger partial charge in [-0.1, -0.05) is 11.6 Å². The molecule has 108 valence electrons. The van der Waals surface area contributed by atoms with Crippen LogP contribution < -0.4 is 0 Å². The molecular formula is C12H12ClFN2O4. The summed E-state index contributed by atoms with van der Waals surface area (Å²) in [6.07, 6.45) is 1.18. The van der Waals surface area contributed by atoms with Crippen molar-refractivity contribution in [1.29, 1.82) is 0 Å². The number of carboxylic acids is 1. The molecule has 1 N–H and O–H groups in total. The van der Waals surface area contributed by atoms with E-state index in [-0.39, 0.29) is 22.8 Å². The first-order chi connectivity index (χ1) is 9.40. The maximum Gasteiger partial charge on any atom is 0.320 e. The monoisotopic (exact) mass is 302 g/mol. The molecule has 2 rings (SSSR count). The highest BCUT2D eigenvalue weighted by molar-refractivity contribution is 6.31. The van der Waals surface area contributed by atoms with Gasteiger partial charge in [0.2, 0.25) is 0 Å². The number of aliphatic carboxylic acids is 1. The lowest BCUT2D eigenvalue weighted by molar-refractivity contribution is -0.385. The van der Waals surface area contributed by atoms with E-state index in [1.54, 1.807) is 4.90 Å². The zero-order valence-corrected chi connectivity index (χ0v) is 11.1. The summed E-state index contributed by atoms with van der Waals surface area (Å²) in [7, 11) is 0. The summed E-state index contributed by atoms with van der Waals surface area (Å²) >= 11 is 5.54. The summed E-state index contributed by atoms with van der Waals surface area (Å²) in [6, 6.07) is 1.27. The highest BCUT2D eigenvalue weighted by Crippen LogP contribution is 2.29. The normalized spacial score (nSPS) is 19.2. The molecule has 1 saturated heterocycles. The molecule has 6 nitrogen and oxygen atoms in total. The van der Waals surface area contributed by atoms with E-state index in [9.17, 15) is 19.3 Å². The molecule has 1 atom stereocenters. The third-order valence-corrected chi connectivity index (χ3v) is 3.63. The van der Waals surface area contributed by atoms with Crippen LogP contribution in [-0.4, -0.2) is 33.5 Å². The number of nitrogens with zero attached hydrogens (tertiary/aromatic N) is 2. The Hall–Kier alpha value is -1.73. The predicted molar refractivity (Wildman–Crippen MR) is 69.1 cm³/mol. The molecule has 0 bridgehead atoms. The van der Waals surface area contributed by atoms with Gasteiger partial charge < -0.3 is 5.11 Å². The van der Waals surface area contributed by atoms with E-state index in [4.69, 9.17) is 16.7 Å². The molecule has 1 heterocycles. The van der Waals surface area contributed by atoms with Crippen molar-refractivity contribution in [1.82, 2.24) is 4.90 Å². The largest absolute Gasteiger partial charge is 0.480 e. The summed E-state index contributed by atoms with van der Waals surface area (Å²) < 4.78 is 13.5. The van der Waals surface area contributed by atoms with Crippen LogP contribution in [0.4, 0.5) is 10.1 Å². The molecule has 0 aromatic heterocycles. The number of rotatable bonds is 4. The lowest BCUT2D eigenvalue weighted by atomic mass is 10.1. The van der Waals surface area contributed by atoms with E-state index in [1.165, 1.54) is 0 Å². The zero-order chi connectivity index (χ0) is 14.9. The number of nitro benzene ring substituents is 1. The first-order valence-electron chi connectivity index (χ1n) is 5.99. The molecule has 1 aliphatic rings. The topological polar surface area (TPSA) is 83.7 Å². The minimum Gasteiger partial charge on any atom is -0.480 e. The minimum atomic E-state index is -0.973. The number of hydrogen-bond donors (Lipinski definition) is 1. The van der Waals surface area contributed by atoms with Crippen LogP contribution in [0.3, 0.4) is 0 Å². The van der Waals surface area contributed by atoms with Gasteiger partial charge in [0.25, 0.3) is 5.69 Å².